The van der Waals surface area contributed by atoms with Crippen molar-refractivity contribution in [2.45, 2.75) is 19.4 Å². The molecule has 0 radical (unpaired) electrons. The molecule has 3 heterocycles. The van der Waals surface area contributed by atoms with Gasteiger partial charge in [-0.25, -0.2) is 17.9 Å². The van der Waals surface area contributed by atoms with Crippen LogP contribution in [0.15, 0.2) is 36.7 Å². The summed E-state index contributed by atoms with van der Waals surface area (Å²) in [6.07, 6.45) is 2.34. The largest absolute Gasteiger partial charge is 0.382 e. The predicted octanol–water partition coefficient (Wildman–Crippen LogP) is 1.63. The lowest BCUT2D eigenvalue weighted by molar-refractivity contribution is -0.145. The van der Waals surface area contributed by atoms with Crippen LogP contribution in [0.5, 0.6) is 0 Å². The summed E-state index contributed by atoms with van der Waals surface area (Å²) in [5, 5.41) is 4.65. The van der Waals surface area contributed by atoms with Gasteiger partial charge in [0.25, 0.3) is 5.91 Å². The molecule has 4 rings (SSSR count). The number of hydrogen-bond donors (Lipinski definition) is 1. The number of aromatic nitrogens is 3. The zero-order valence-corrected chi connectivity index (χ0v) is 19.9. The van der Waals surface area contributed by atoms with Gasteiger partial charge in [0, 0.05) is 30.6 Å². The smallest absolute Gasteiger partial charge is 0.252 e. The molecule has 1 saturated heterocycles. The SMILES string of the molecule is CC1(C)C(=O)N(c2cccc(-c3cc(Cl)c4c(N)ncnn34)c2)CCN1C(=O)CS(C)(=O)=O. The minimum absolute atomic E-state index is 0.209. The van der Waals surface area contributed by atoms with Crippen molar-refractivity contribution in [3.63, 3.8) is 0 Å². The number of nitrogen functional groups attached to an aromatic ring is 1. The molecular formula is C21H23ClN6O4S. The van der Waals surface area contributed by atoms with E-state index in [9.17, 15) is 18.0 Å². The van der Waals surface area contributed by atoms with E-state index < -0.39 is 27.0 Å². The molecule has 0 aliphatic carbocycles. The number of rotatable bonds is 4. The molecule has 10 nitrogen and oxygen atoms in total. The second-order valence-corrected chi connectivity index (χ2v) is 11.0. The standard InChI is InChI=1S/C21H23ClN6O4S/c1-21(2)20(30)26(7-8-27(21)17(29)11-33(3,31)32)14-6-4-5-13(9-14)16-10-15(22)18-19(23)24-12-25-28(16)18/h4-6,9-10,12H,7-8,11H2,1-3H3,(H2,23,24,25). The molecule has 0 bridgehead atoms. The zero-order chi connectivity index (χ0) is 24.1. The molecule has 12 heteroatoms. The second-order valence-electron chi connectivity index (χ2n) is 8.46. The molecule has 2 amide bonds. The summed E-state index contributed by atoms with van der Waals surface area (Å²) in [6, 6.07) is 9.03. The Hall–Kier alpha value is -3.18. The van der Waals surface area contributed by atoms with Gasteiger partial charge in [-0.3, -0.25) is 9.59 Å². The van der Waals surface area contributed by atoms with Crippen LogP contribution in [0.3, 0.4) is 0 Å². The van der Waals surface area contributed by atoms with E-state index >= 15 is 0 Å². The fourth-order valence-electron chi connectivity index (χ4n) is 4.07. The van der Waals surface area contributed by atoms with Crippen LogP contribution in [-0.2, 0) is 19.4 Å². The summed E-state index contributed by atoms with van der Waals surface area (Å²) >= 11 is 6.35. The number of nitrogens with zero attached hydrogens (tertiary/aromatic N) is 5. The first-order valence-corrected chi connectivity index (χ1v) is 12.5. The van der Waals surface area contributed by atoms with Crippen molar-refractivity contribution < 1.29 is 18.0 Å². The first-order chi connectivity index (χ1) is 15.4. The van der Waals surface area contributed by atoms with Crippen molar-refractivity contribution in [2.75, 3.05) is 35.7 Å². The Labute approximate surface area is 195 Å². The average Bonchev–Trinajstić information content (AvgIpc) is 3.06. The van der Waals surface area contributed by atoms with Crippen LogP contribution in [0.1, 0.15) is 13.8 Å². The van der Waals surface area contributed by atoms with E-state index in [0.29, 0.717) is 21.9 Å². The van der Waals surface area contributed by atoms with Gasteiger partial charge in [0.1, 0.15) is 23.1 Å². The quantitative estimate of drug-likeness (QED) is 0.588. The van der Waals surface area contributed by atoms with E-state index in [-0.39, 0.29) is 24.8 Å². The van der Waals surface area contributed by atoms with Crippen LogP contribution in [0, 0.1) is 0 Å². The summed E-state index contributed by atoms with van der Waals surface area (Å²) in [7, 11) is -3.51. The molecule has 1 aliphatic heterocycles. The van der Waals surface area contributed by atoms with Crippen molar-refractivity contribution in [2.24, 2.45) is 0 Å². The monoisotopic (exact) mass is 490 g/mol. The normalized spacial score (nSPS) is 16.4. The molecule has 0 unspecified atom stereocenters. The van der Waals surface area contributed by atoms with Crippen LogP contribution in [0.2, 0.25) is 5.02 Å². The van der Waals surface area contributed by atoms with Crippen molar-refractivity contribution in [1.82, 2.24) is 19.5 Å². The highest BCUT2D eigenvalue weighted by atomic mass is 35.5. The van der Waals surface area contributed by atoms with E-state index in [0.717, 1.165) is 11.8 Å². The fraction of sp³-hybridized carbons (Fsp3) is 0.333. The van der Waals surface area contributed by atoms with E-state index in [1.807, 2.05) is 18.2 Å². The predicted molar refractivity (Wildman–Crippen MR) is 126 cm³/mol. The van der Waals surface area contributed by atoms with Crippen molar-refractivity contribution in [1.29, 1.82) is 0 Å². The number of benzene rings is 1. The van der Waals surface area contributed by atoms with Crippen LogP contribution in [0.4, 0.5) is 11.5 Å². The number of halogens is 1. The lowest BCUT2D eigenvalue weighted by Crippen LogP contribution is -2.65. The number of sulfone groups is 1. The van der Waals surface area contributed by atoms with Crippen LogP contribution >= 0.6 is 11.6 Å². The minimum atomic E-state index is -3.51. The van der Waals surface area contributed by atoms with E-state index in [4.69, 9.17) is 17.3 Å². The molecule has 174 valence electrons. The first kappa shape index (κ1) is 23.0. The summed E-state index contributed by atoms with van der Waals surface area (Å²) < 4.78 is 24.8. The van der Waals surface area contributed by atoms with Gasteiger partial charge in [-0.15, -0.1) is 0 Å². The highest BCUT2D eigenvalue weighted by Crippen LogP contribution is 2.34. The first-order valence-electron chi connectivity index (χ1n) is 10.1. The van der Waals surface area contributed by atoms with Gasteiger partial charge in [0.05, 0.1) is 10.7 Å². The van der Waals surface area contributed by atoms with Gasteiger partial charge in [0.15, 0.2) is 15.7 Å². The Morgan fingerprint density at radius 3 is 2.67 bits per heavy atom. The van der Waals surface area contributed by atoms with Crippen LogP contribution < -0.4 is 10.6 Å². The molecule has 1 aliphatic rings. The number of carbonyl (C=O) groups excluding carboxylic acids is 2. The minimum Gasteiger partial charge on any atom is -0.382 e. The molecule has 3 aromatic rings. The summed E-state index contributed by atoms with van der Waals surface area (Å²) in [5.74, 6) is -1.27. The number of nitrogens with two attached hydrogens (primary N) is 1. The lowest BCUT2D eigenvalue weighted by atomic mass is 9.96. The molecule has 33 heavy (non-hydrogen) atoms. The number of carbonyl (C=O) groups is 2. The maximum Gasteiger partial charge on any atom is 0.252 e. The molecule has 2 N–H and O–H groups in total. The maximum absolute atomic E-state index is 13.4. The number of hydrogen-bond acceptors (Lipinski definition) is 7. The lowest BCUT2D eigenvalue weighted by Gasteiger charge is -2.45. The van der Waals surface area contributed by atoms with E-state index in [1.54, 1.807) is 35.4 Å². The third-order valence-corrected chi connectivity index (χ3v) is 6.73. The molecule has 0 atom stereocenters. The third-order valence-electron chi connectivity index (χ3n) is 5.67. The highest BCUT2D eigenvalue weighted by molar-refractivity contribution is 7.91. The van der Waals surface area contributed by atoms with Gasteiger partial charge in [-0.05, 0) is 32.0 Å². The van der Waals surface area contributed by atoms with Crippen molar-refractivity contribution >= 4 is 50.3 Å². The van der Waals surface area contributed by atoms with Crippen molar-refractivity contribution in [3.05, 3.63) is 41.7 Å². The Balaban J connectivity index is 1.67. The fourth-order valence-corrected chi connectivity index (χ4v) is 4.96. The Morgan fingerprint density at radius 1 is 1.24 bits per heavy atom. The van der Waals surface area contributed by atoms with Crippen LogP contribution in [0.25, 0.3) is 16.8 Å². The summed E-state index contributed by atoms with van der Waals surface area (Å²) in [6.45, 7) is 3.67. The Morgan fingerprint density at radius 2 is 1.97 bits per heavy atom. The third kappa shape index (κ3) is 4.13. The van der Waals surface area contributed by atoms with E-state index in [2.05, 4.69) is 10.1 Å². The Bertz CT molecular complexity index is 1380. The van der Waals surface area contributed by atoms with Gasteiger partial charge >= 0.3 is 0 Å². The number of piperazine rings is 1. The van der Waals surface area contributed by atoms with Crippen molar-refractivity contribution in [3.8, 4) is 11.3 Å². The summed E-state index contributed by atoms with van der Waals surface area (Å²) in [5.41, 5.74) is 7.30. The summed E-state index contributed by atoms with van der Waals surface area (Å²) in [4.78, 5) is 32.8. The van der Waals surface area contributed by atoms with Gasteiger partial charge in [-0.2, -0.15) is 5.10 Å². The molecule has 2 aromatic heterocycles. The topological polar surface area (TPSA) is 131 Å². The molecule has 0 spiro atoms. The van der Waals surface area contributed by atoms with Gasteiger partial charge in [0.2, 0.25) is 5.91 Å². The number of amides is 2. The second kappa shape index (κ2) is 7.99. The number of anilines is 2. The van der Waals surface area contributed by atoms with Gasteiger partial charge < -0.3 is 15.5 Å². The van der Waals surface area contributed by atoms with E-state index in [1.165, 1.54) is 11.2 Å². The molecule has 0 saturated carbocycles. The molecule has 1 aromatic carbocycles. The number of fused-ring (bicyclic) bond motifs is 1. The van der Waals surface area contributed by atoms with Crippen LogP contribution in [-0.4, -0.2) is 70.4 Å². The highest BCUT2D eigenvalue weighted by Gasteiger charge is 2.45. The zero-order valence-electron chi connectivity index (χ0n) is 18.3. The molecule has 1 fully saturated rings. The Kier molecular flexibility index (Phi) is 5.57. The maximum atomic E-state index is 13.4. The van der Waals surface area contributed by atoms with Gasteiger partial charge in [-0.1, -0.05) is 23.7 Å². The molecular weight excluding hydrogens is 468 g/mol. The average molecular weight is 491 g/mol.